The number of anilines is 1. The van der Waals surface area contributed by atoms with Crippen LogP contribution in [0.2, 0.25) is 0 Å². The number of halogens is 3. The van der Waals surface area contributed by atoms with Gasteiger partial charge in [-0.15, -0.1) is 0 Å². The normalized spacial score (nSPS) is 12.4. The summed E-state index contributed by atoms with van der Waals surface area (Å²) >= 11 is 0. The number of esters is 1. The van der Waals surface area contributed by atoms with Gasteiger partial charge in [-0.05, 0) is 55.0 Å². The molecule has 1 atom stereocenters. The molecule has 2 aromatic carbocycles. The molecule has 1 amide bonds. The van der Waals surface area contributed by atoms with E-state index in [2.05, 4.69) is 5.32 Å². The molecule has 0 bridgehead atoms. The van der Waals surface area contributed by atoms with Gasteiger partial charge >= 0.3 is 12.1 Å². The van der Waals surface area contributed by atoms with Crippen molar-refractivity contribution in [1.82, 2.24) is 0 Å². The van der Waals surface area contributed by atoms with Crippen LogP contribution in [0.5, 0.6) is 0 Å². The van der Waals surface area contributed by atoms with Gasteiger partial charge in [0.25, 0.3) is 11.6 Å². The van der Waals surface area contributed by atoms with Gasteiger partial charge < -0.3 is 10.1 Å². The zero-order chi connectivity index (χ0) is 21.6. The topological polar surface area (TPSA) is 98.5 Å². The van der Waals surface area contributed by atoms with Crippen molar-refractivity contribution in [1.29, 1.82) is 0 Å². The van der Waals surface area contributed by atoms with Gasteiger partial charge in [0.05, 0.1) is 10.5 Å². The molecule has 2 rings (SSSR count). The second kappa shape index (κ2) is 9.00. The van der Waals surface area contributed by atoms with Gasteiger partial charge in [-0.2, -0.15) is 13.2 Å². The first-order chi connectivity index (χ1) is 13.6. The number of hydrogen-bond donors (Lipinski definition) is 1. The summed E-state index contributed by atoms with van der Waals surface area (Å²) in [6, 6.07) is 9.22. The third kappa shape index (κ3) is 6.45. The van der Waals surface area contributed by atoms with Crippen LogP contribution in [0.1, 0.15) is 18.1 Å². The Hall–Kier alpha value is -3.69. The van der Waals surface area contributed by atoms with E-state index in [4.69, 9.17) is 4.74 Å². The largest absolute Gasteiger partial charge is 0.449 e. The third-order valence-corrected chi connectivity index (χ3v) is 3.66. The van der Waals surface area contributed by atoms with E-state index < -0.39 is 34.6 Å². The fourth-order valence-electron chi connectivity index (χ4n) is 2.12. The van der Waals surface area contributed by atoms with Crippen molar-refractivity contribution in [2.24, 2.45) is 0 Å². The van der Waals surface area contributed by atoms with Gasteiger partial charge in [-0.1, -0.05) is 0 Å². The molecule has 0 fully saturated rings. The predicted octanol–water partition coefficient (Wildman–Crippen LogP) is 4.20. The van der Waals surface area contributed by atoms with Crippen LogP contribution in [0.3, 0.4) is 0 Å². The summed E-state index contributed by atoms with van der Waals surface area (Å²) in [6.45, 7) is 1.30. The maximum absolute atomic E-state index is 12.5. The number of non-ortho nitro benzene ring substituents is 1. The lowest BCUT2D eigenvalue weighted by Crippen LogP contribution is -2.29. The number of carbonyl (C=O) groups is 2. The molecule has 0 heterocycles. The minimum absolute atomic E-state index is 0.0988. The monoisotopic (exact) mass is 408 g/mol. The first kappa shape index (κ1) is 21.6. The molecule has 0 aromatic heterocycles. The number of hydrogen-bond acceptors (Lipinski definition) is 5. The maximum Gasteiger partial charge on any atom is 0.416 e. The molecule has 1 N–H and O–H groups in total. The standard InChI is InChI=1S/C19H15F3N2O5/c1-12(18(26)23-15-7-5-14(6-8-15)19(20,21)22)29-17(25)11-4-13-2-9-16(10-3-13)24(27)28/h2-12H,1H3,(H,23,26)/b11-4+/t12-/m0/s1. The van der Waals surface area contributed by atoms with Crippen LogP contribution in [0.25, 0.3) is 6.08 Å². The molecular formula is C19H15F3N2O5. The Balaban J connectivity index is 1.89. The Bertz CT molecular complexity index is 922. The van der Waals surface area contributed by atoms with E-state index in [0.717, 1.165) is 30.3 Å². The number of amides is 1. The van der Waals surface area contributed by atoms with E-state index in [1.54, 1.807) is 0 Å². The highest BCUT2D eigenvalue weighted by molar-refractivity contribution is 5.96. The summed E-state index contributed by atoms with van der Waals surface area (Å²) in [5.74, 6) is -1.56. The molecule has 0 aliphatic carbocycles. The zero-order valence-electron chi connectivity index (χ0n) is 15.0. The molecule has 152 valence electrons. The Kier molecular flexibility index (Phi) is 6.71. The summed E-state index contributed by atoms with van der Waals surface area (Å²) in [5, 5.41) is 12.9. The highest BCUT2D eigenvalue weighted by Gasteiger charge is 2.30. The first-order valence-corrected chi connectivity index (χ1v) is 8.17. The van der Waals surface area contributed by atoms with Crippen LogP contribution in [0, 0.1) is 10.1 Å². The molecule has 10 heteroatoms. The Morgan fingerprint density at radius 1 is 1.10 bits per heavy atom. The number of alkyl halides is 3. The second-order valence-electron chi connectivity index (χ2n) is 5.83. The lowest BCUT2D eigenvalue weighted by atomic mass is 10.2. The zero-order valence-corrected chi connectivity index (χ0v) is 15.0. The van der Waals surface area contributed by atoms with Gasteiger partial charge in [-0.25, -0.2) is 4.79 Å². The number of benzene rings is 2. The number of ether oxygens (including phenoxy) is 1. The minimum atomic E-state index is -4.48. The Labute approximate surface area is 162 Å². The highest BCUT2D eigenvalue weighted by Crippen LogP contribution is 2.29. The average molecular weight is 408 g/mol. The van der Waals surface area contributed by atoms with Crippen LogP contribution in [-0.4, -0.2) is 22.9 Å². The number of nitro benzene ring substituents is 1. The average Bonchev–Trinajstić information content (AvgIpc) is 2.66. The first-order valence-electron chi connectivity index (χ1n) is 8.17. The molecule has 0 aliphatic heterocycles. The smallest absolute Gasteiger partial charge is 0.416 e. The van der Waals surface area contributed by atoms with Crippen molar-refractivity contribution in [2.45, 2.75) is 19.2 Å². The van der Waals surface area contributed by atoms with E-state index in [1.165, 1.54) is 37.3 Å². The van der Waals surface area contributed by atoms with E-state index in [9.17, 15) is 32.9 Å². The minimum Gasteiger partial charge on any atom is -0.449 e. The van der Waals surface area contributed by atoms with Gasteiger partial charge in [0, 0.05) is 23.9 Å². The van der Waals surface area contributed by atoms with Crippen molar-refractivity contribution >= 4 is 29.3 Å². The molecule has 0 spiro atoms. The van der Waals surface area contributed by atoms with Crippen LogP contribution in [0.15, 0.2) is 54.6 Å². The lowest BCUT2D eigenvalue weighted by Gasteiger charge is -2.13. The van der Waals surface area contributed by atoms with E-state index in [0.29, 0.717) is 5.56 Å². The van der Waals surface area contributed by atoms with Crippen molar-refractivity contribution in [2.75, 3.05) is 5.32 Å². The van der Waals surface area contributed by atoms with Gasteiger partial charge in [0.15, 0.2) is 6.10 Å². The summed E-state index contributed by atoms with van der Waals surface area (Å²) in [5.41, 5.74) is -0.327. The number of nitrogens with zero attached hydrogens (tertiary/aromatic N) is 1. The van der Waals surface area contributed by atoms with E-state index >= 15 is 0 Å². The molecule has 0 saturated carbocycles. The lowest BCUT2D eigenvalue weighted by molar-refractivity contribution is -0.384. The fraction of sp³-hybridized carbons (Fsp3) is 0.158. The molecule has 0 unspecified atom stereocenters. The third-order valence-electron chi connectivity index (χ3n) is 3.66. The van der Waals surface area contributed by atoms with E-state index in [-0.39, 0.29) is 11.4 Å². The molecular weight excluding hydrogens is 393 g/mol. The van der Waals surface area contributed by atoms with Crippen molar-refractivity contribution in [3.63, 3.8) is 0 Å². The molecule has 7 nitrogen and oxygen atoms in total. The Morgan fingerprint density at radius 2 is 1.69 bits per heavy atom. The van der Waals surface area contributed by atoms with Crippen molar-refractivity contribution < 1.29 is 32.4 Å². The SMILES string of the molecule is C[C@H](OC(=O)/C=C/c1ccc([N+](=O)[O-])cc1)C(=O)Nc1ccc(C(F)(F)F)cc1. The molecule has 2 aromatic rings. The quantitative estimate of drug-likeness (QED) is 0.334. The van der Waals surface area contributed by atoms with Crippen LogP contribution in [0.4, 0.5) is 24.5 Å². The molecule has 0 saturated heterocycles. The number of rotatable bonds is 6. The molecule has 0 aliphatic rings. The van der Waals surface area contributed by atoms with Gasteiger partial charge in [0.2, 0.25) is 0 Å². The van der Waals surface area contributed by atoms with Crippen molar-refractivity contribution in [3.8, 4) is 0 Å². The Morgan fingerprint density at radius 3 is 2.21 bits per heavy atom. The van der Waals surface area contributed by atoms with Crippen LogP contribution >= 0.6 is 0 Å². The number of nitrogens with one attached hydrogen (secondary N) is 1. The summed E-state index contributed by atoms with van der Waals surface area (Å²) in [6.07, 6.45) is -3.29. The summed E-state index contributed by atoms with van der Waals surface area (Å²) in [7, 11) is 0. The molecule has 0 radical (unpaired) electrons. The predicted molar refractivity (Wildman–Crippen MR) is 97.8 cm³/mol. The number of carbonyl (C=O) groups excluding carboxylic acids is 2. The highest BCUT2D eigenvalue weighted by atomic mass is 19.4. The van der Waals surface area contributed by atoms with Crippen molar-refractivity contribution in [3.05, 3.63) is 75.8 Å². The van der Waals surface area contributed by atoms with Gasteiger partial charge in [0.1, 0.15) is 0 Å². The summed E-state index contributed by atoms with van der Waals surface area (Å²) in [4.78, 5) is 33.8. The summed E-state index contributed by atoms with van der Waals surface area (Å²) < 4.78 is 42.5. The van der Waals surface area contributed by atoms with E-state index in [1.807, 2.05) is 0 Å². The van der Waals surface area contributed by atoms with Crippen LogP contribution < -0.4 is 5.32 Å². The molecule has 29 heavy (non-hydrogen) atoms. The maximum atomic E-state index is 12.5. The number of nitro groups is 1. The second-order valence-corrected chi connectivity index (χ2v) is 5.83. The van der Waals surface area contributed by atoms with Crippen LogP contribution in [-0.2, 0) is 20.5 Å². The van der Waals surface area contributed by atoms with Gasteiger partial charge in [-0.3, -0.25) is 14.9 Å². The fourth-order valence-corrected chi connectivity index (χ4v) is 2.12.